The number of nitrogens with one attached hydrogen (secondary N) is 1. The molecule has 0 radical (unpaired) electrons. The summed E-state index contributed by atoms with van der Waals surface area (Å²) in [7, 11) is -3.81. The fourth-order valence-corrected chi connectivity index (χ4v) is 3.04. The van der Waals surface area contributed by atoms with Crippen LogP contribution in [-0.2, 0) is 19.6 Å². The van der Waals surface area contributed by atoms with Crippen molar-refractivity contribution in [2.24, 2.45) is 11.1 Å². The molecule has 1 aromatic carbocycles. The summed E-state index contributed by atoms with van der Waals surface area (Å²) >= 11 is 0. The molecule has 3 N–H and O–H groups in total. The number of rotatable bonds is 3. The van der Waals surface area contributed by atoms with E-state index in [4.69, 9.17) is 9.88 Å². The van der Waals surface area contributed by atoms with E-state index in [1.54, 1.807) is 6.92 Å². The normalized spacial score (nSPS) is 22.3. The van der Waals surface area contributed by atoms with Gasteiger partial charge in [0.15, 0.2) is 0 Å². The van der Waals surface area contributed by atoms with E-state index < -0.39 is 10.0 Å². The molecule has 1 amide bonds. The lowest BCUT2D eigenvalue weighted by Crippen LogP contribution is -2.28. The number of sulfonamides is 1. The Balaban J connectivity index is 2.31. The first-order valence-corrected chi connectivity index (χ1v) is 8.31. The minimum atomic E-state index is -3.81. The van der Waals surface area contributed by atoms with Gasteiger partial charge >= 0.3 is 0 Å². The van der Waals surface area contributed by atoms with Crippen LogP contribution in [0.15, 0.2) is 17.0 Å². The molecule has 2 atom stereocenters. The topological polar surface area (TPSA) is 98.5 Å². The molecule has 1 saturated heterocycles. The Kier molecular flexibility index (Phi) is 4.36. The third-order valence-corrected chi connectivity index (χ3v) is 4.83. The molecule has 1 heterocycles. The average molecular weight is 312 g/mol. The first kappa shape index (κ1) is 15.9. The molecule has 2 unspecified atom stereocenters. The minimum absolute atomic E-state index is 0.00313. The molecule has 116 valence electrons. The summed E-state index contributed by atoms with van der Waals surface area (Å²) < 4.78 is 28.4. The lowest BCUT2D eigenvalue weighted by molar-refractivity contribution is -0.121. The molecular formula is C14H20N2O4S. The molecule has 1 aromatic rings. The van der Waals surface area contributed by atoms with Gasteiger partial charge in [0.25, 0.3) is 0 Å². The van der Waals surface area contributed by atoms with Gasteiger partial charge in [0.05, 0.1) is 16.9 Å². The Morgan fingerprint density at radius 1 is 1.38 bits per heavy atom. The Morgan fingerprint density at radius 3 is 2.57 bits per heavy atom. The molecule has 7 heteroatoms. The highest BCUT2D eigenvalue weighted by Gasteiger charge is 2.31. The predicted octanol–water partition coefficient (Wildman–Crippen LogP) is 1.31. The van der Waals surface area contributed by atoms with Crippen LogP contribution in [0.4, 0.5) is 5.69 Å². The summed E-state index contributed by atoms with van der Waals surface area (Å²) in [5.41, 5.74) is 2.05. The number of benzene rings is 1. The number of anilines is 1. The molecule has 0 bridgehead atoms. The molecule has 0 spiro atoms. The van der Waals surface area contributed by atoms with Gasteiger partial charge in [-0.15, -0.1) is 0 Å². The van der Waals surface area contributed by atoms with Crippen molar-refractivity contribution >= 4 is 21.6 Å². The monoisotopic (exact) mass is 312 g/mol. The van der Waals surface area contributed by atoms with Crippen molar-refractivity contribution in [3.63, 3.8) is 0 Å². The Morgan fingerprint density at radius 2 is 2.05 bits per heavy atom. The van der Waals surface area contributed by atoms with E-state index >= 15 is 0 Å². The summed E-state index contributed by atoms with van der Waals surface area (Å²) in [5.74, 6) is -0.378. The summed E-state index contributed by atoms with van der Waals surface area (Å²) in [4.78, 5) is 12.3. The molecular weight excluding hydrogens is 292 g/mol. The van der Waals surface area contributed by atoms with Crippen molar-refractivity contribution in [2.45, 2.75) is 38.2 Å². The Bertz CT molecular complexity index is 670. The van der Waals surface area contributed by atoms with Crippen molar-refractivity contribution in [3.05, 3.63) is 23.3 Å². The van der Waals surface area contributed by atoms with Gasteiger partial charge in [-0.3, -0.25) is 4.79 Å². The zero-order valence-electron chi connectivity index (χ0n) is 12.3. The van der Waals surface area contributed by atoms with Crippen LogP contribution >= 0.6 is 0 Å². The van der Waals surface area contributed by atoms with E-state index in [0.29, 0.717) is 18.7 Å². The first-order valence-electron chi connectivity index (χ1n) is 6.76. The van der Waals surface area contributed by atoms with E-state index in [9.17, 15) is 13.2 Å². The number of carbonyl (C=O) groups excluding carboxylic acids is 1. The largest absolute Gasteiger partial charge is 0.378 e. The van der Waals surface area contributed by atoms with E-state index in [1.165, 1.54) is 12.1 Å². The quantitative estimate of drug-likeness (QED) is 0.879. The standard InChI is InChI=1S/C14H20N2O4S/c1-8-6-11(21(15,18)19)7-13(9(8)2)16-14(17)12-4-5-20-10(12)3/h6-7,10,12H,4-5H2,1-3H3,(H,16,17)(H2,15,18,19). The highest BCUT2D eigenvalue weighted by molar-refractivity contribution is 7.89. The zero-order valence-corrected chi connectivity index (χ0v) is 13.2. The SMILES string of the molecule is Cc1cc(S(N)(=O)=O)cc(NC(=O)C2CCOC2C)c1C. The van der Waals surface area contributed by atoms with Crippen LogP contribution in [0.3, 0.4) is 0 Å². The molecule has 1 aliphatic heterocycles. The summed E-state index contributed by atoms with van der Waals surface area (Å²) in [5, 5.41) is 7.96. The number of hydrogen-bond donors (Lipinski definition) is 2. The van der Waals surface area contributed by atoms with Gasteiger partial charge in [0.1, 0.15) is 0 Å². The van der Waals surface area contributed by atoms with E-state index in [-0.39, 0.29) is 22.8 Å². The zero-order chi connectivity index (χ0) is 15.8. The summed E-state index contributed by atoms with van der Waals surface area (Å²) in [6, 6.07) is 2.90. The van der Waals surface area contributed by atoms with Crippen LogP contribution in [0, 0.1) is 19.8 Å². The molecule has 2 rings (SSSR count). The Hall–Kier alpha value is -1.44. The number of primary sulfonamides is 1. The van der Waals surface area contributed by atoms with Crippen LogP contribution in [-0.4, -0.2) is 27.0 Å². The second kappa shape index (κ2) is 5.75. The number of hydrogen-bond acceptors (Lipinski definition) is 4. The second-order valence-electron chi connectivity index (χ2n) is 5.42. The average Bonchev–Trinajstić information content (AvgIpc) is 2.79. The van der Waals surface area contributed by atoms with Gasteiger partial charge in [-0.05, 0) is 50.5 Å². The van der Waals surface area contributed by atoms with E-state index in [0.717, 1.165) is 11.1 Å². The van der Waals surface area contributed by atoms with Crippen molar-refractivity contribution in [1.29, 1.82) is 0 Å². The molecule has 6 nitrogen and oxygen atoms in total. The number of nitrogens with two attached hydrogens (primary N) is 1. The lowest BCUT2D eigenvalue weighted by Gasteiger charge is -2.17. The molecule has 1 aliphatic rings. The van der Waals surface area contributed by atoms with Crippen LogP contribution in [0.1, 0.15) is 24.5 Å². The smallest absolute Gasteiger partial charge is 0.238 e. The van der Waals surface area contributed by atoms with Crippen molar-refractivity contribution < 1.29 is 17.9 Å². The van der Waals surface area contributed by atoms with E-state index in [2.05, 4.69) is 5.32 Å². The van der Waals surface area contributed by atoms with Gasteiger partial charge < -0.3 is 10.1 Å². The fourth-order valence-electron chi connectivity index (χ4n) is 2.42. The van der Waals surface area contributed by atoms with Crippen LogP contribution in [0.5, 0.6) is 0 Å². The molecule has 0 aliphatic carbocycles. The van der Waals surface area contributed by atoms with Crippen molar-refractivity contribution in [3.8, 4) is 0 Å². The second-order valence-corrected chi connectivity index (χ2v) is 6.98. The number of amides is 1. The maximum absolute atomic E-state index is 12.3. The number of carbonyl (C=O) groups is 1. The maximum atomic E-state index is 12.3. The van der Waals surface area contributed by atoms with Crippen LogP contribution in [0.2, 0.25) is 0 Å². The van der Waals surface area contributed by atoms with Crippen LogP contribution < -0.4 is 10.5 Å². The number of aryl methyl sites for hydroxylation is 1. The summed E-state index contributed by atoms with van der Waals surface area (Å²) in [6.45, 7) is 6.03. The third kappa shape index (κ3) is 3.42. The molecule has 0 aromatic heterocycles. The lowest BCUT2D eigenvalue weighted by atomic mass is 10.0. The summed E-state index contributed by atoms with van der Waals surface area (Å²) in [6.07, 6.45) is 0.535. The third-order valence-electron chi connectivity index (χ3n) is 3.94. The van der Waals surface area contributed by atoms with Crippen molar-refractivity contribution in [1.82, 2.24) is 0 Å². The van der Waals surface area contributed by atoms with Gasteiger partial charge in [-0.2, -0.15) is 0 Å². The number of ether oxygens (including phenoxy) is 1. The maximum Gasteiger partial charge on any atom is 0.238 e. The predicted molar refractivity (Wildman–Crippen MR) is 79.4 cm³/mol. The molecule has 21 heavy (non-hydrogen) atoms. The molecule has 0 saturated carbocycles. The minimum Gasteiger partial charge on any atom is -0.378 e. The highest BCUT2D eigenvalue weighted by atomic mass is 32.2. The van der Waals surface area contributed by atoms with Gasteiger partial charge in [0.2, 0.25) is 15.9 Å². The van der Waals surface area contributed by atoms with E-state index in [1.807, 2.05) is 13.8 Å². The van der Waals surface area contributed by atoms with Gasteiger partial charge in [0, 0.05) is 12.3 Å². The Labute approximate surface area is 124 Å². The highest BCUT2D eigenvalue weighted by Crippen LogP contribution is 2.26. The first-order chi connectivity index (χ1) is 9.70. The molecule has 1 fully saturated rings. The fraction of sp³-hybridized carbons (Fsp3) is 0.500. The van der Waals surface area contributed by atoms with Crippen molar-refractivity contribution in [2.75, 3.05) is 11.9 Å². The van der Waals surface area contributed by atoms with Gasteiger partial charge in [-0.1, -0.05) is 0 Å². The van der Waals surface area contributed by atoms with Crippen LogP contribution in [0.25, 0.3) is 0 Å². The van der Waals surface area contributed by atoms with Gasteiger partial charge in [-0.25, -0.2) is 13.6 Å².